The van der Waals surface area contributed by atoms with E-state index in [1.54, 1.807) is 12.1 Å². The highest BCUT2D eigenvalue weighted by molar-refractivity contribution is 5.91. The smallest absolute Gasteiger partial charge is 0.300 e. The third-order valence-corrected chi connectivity index (χ3v) is 3.72. The van der Waals surface area contributed by atoms with Gasteiger partial charge in [-0.3, -0.25) is 20.4 Å². The van der Waals surface area contributed by atoms with Crippen LogP contribution in [0, 0.1) is 0 Å². The molecule has 2 aromatic rings. The highest BCUT2D eigenvalue weighted by Gasteiger charge is 2.35. The molecule has 0 aromatic carbocycles. The van der Waals surface area contributed by atoms with Crippen LogP contribution in [0.2, 0.25) is 0 Å². The molecular formula is C14H18N4O4. The van der Waals surface area contributed by atoms with Crippen LogP contribution in [0.15, 0.2) is 33.1 Å². The van der Waals surface area contributed by atoms with E-state index >= 15 is 0 Å². The molecule has 2 aromatic heterocycles. The lowest BCUT2D eigenvalue weighted by atomic mass is 9.82. The Kier molecular flexibility index (Phi) is 4.34. The molecule has 0 saturated heterocycles. The molecule has 0 bridgehead atoms. The van der Waals surface area contributed by atoms with E-state index < -0.39 is 17.2 Å². The van der Waals surface area contributed by atoms with Gasteiger partial charge in [-0.05, 0) is 37.6 Å². The maximum absolute atomic E-state index is 11.5. The van der Waals surface area contributed by atoms with Gasteiger partial charge >= 0.3 is 11.8 Å². The van der Waals surface area contributed by atoms with Gasteiger partial charge in [0.2, 0.25) is 0 Å². The highest BCUT2D eigenvalue weighted by atomic mass is 16.4. The molecule has 0 radical (unpaired) electrons. The van der Waals surface area contributed by atoms with Crippen molar-refractivity contribution in [2.24, 2.45) is 11.7 Å². The van der Waals surface area contributed by atoms with E-state index in [0.29, 0.717) is 17.9 Å². The zero-order chi connectivity index (χ0) is 16.3. The van der Waals surface area contributed by atoms with Crippen LogP contribution in [0.4, 0.5) is 0 Å². The molecule has 8 nitrogen and oxygen atoms in total. The number of nitrogens with one attached hydrogen (secondary N) is 2. The fourth-order valence-electron chi connectivity index (χ4n) is 2.13. The first-order valence-electron chi connectivity index (χ1n) is 6.68. The first-order valence-corrected chi connectivity index (χ1v) is 6.68. The first-order chi connectivity index (χ1) is 10.5. The summed E-state index contributed by atoms with van der Waals surface area (Å²) >= 11 is 0. The van der Waals surface area contributed by atoms with Crippen LogP contribution in [0.3, 0.4) is 0 Å². The summed E-state index contributed by atoms with van der Waals surface area (Å²) in [5, 5.41) is 0. The van der Waals surface area contributed by atoms with E-state index in [0.717, 1.165) is 0 Å². The predicted octanol–water partition coefficient (Wildman–Crippen LogP) is 0.796. The monoisotopic (exact) mass is 306 g/mol. The largest absolute Gasteiger partial charge is 0.455 e. The SMILES string of the molecule is CCC(C)(c1ccc(C(=O)NN)o1)c1ccc(C(=O)NN)o1. The Morgan fingerprint density at radius 3 is 1.73 bits per heavy atom. The lowest BCUT2D eigenvalue weighted by molar-refractivity contribution is 0.0919. The molecule has 0 aliphatic heterocycles. The number of nitrogen functional groups attached to an aromatic ring is 2. The quantitative estimate of drug-likeness (QED) is 0.366. The van der Waals surface area contributed by atoms with E-state index in [2.05, 4.69) is 0 Å². The maximum atomic E-state index is 11.5. The summed E-state index contributed by atoms with van der Waals surface area (Å²) in [4.78, 5) is 23.0. The van der Waals surface area contributed by atoms with Gasteiger partial charge in [-0.1, -0.05) is 6.92 Å². The fraction of sp³-hybridized carbons (Fsp3) is 0.286. The van der Waals surface area contributed by atoms with Crippen LogP contribution in [0.5, 0.6) is 0 Å². The molecule has 118 valence electrons. The summed E-state index contributed by atoms with van der Waals surface area (Å²) in [5.74, 6) is 10.4. The Morgan fingerprint density at radius 1 is 1.00 bits per heavy atom. The van der Waals surface area contributed by atoms with Crippen molar-refractivity contribution in [1.82, 2.24) is 10.9 Å². The van der Waals surface area contributed by atoms with E-state index in [1.165, 1.54) is 12.1 Å². The molecular weight excluding hydrogens is 288 g/mol. The average molecular weight is 306 g/mol. The van der Waals surface area contributed by atoms with Crippen molar-refractivity contribution < 1.29 is 18.4 Å². The van der Waals surface area contributed by atoms with E-state index in [-0.39, 0.29) is 11.5 Å². The second kappa shape index (κ2) is 6.04. The topological polar surface area (TPSA) is 137 Å². The standard InChI is InChI=1S/C14H18N4O4/c1-3-14(2,10-6-4-8(21-10)12(19)17-15)11-7-5-9(22-11)13(20)18-16/h4-7H,3,15-16H2,1-2H3,(H,17,19)(H,18,20). The zero-order valence-corrected chi connectivity index (χ0v) is 12.3. The molecule has 0 aliphatic rings. The molecule has 0 saturated carbocycles. The number of rotatable bonds is 5. The van der Waals surface area contributed by atoms with Crippen molar-refractivity contribution in [1.29, 1.82) is 0 Å². The third-order valence-electron chi connectivity index (χ3n) is 3.72. The van der Waals surface area contributed by atoms with Gasteiger partial charge in [0, 0.05) is 0 Å². The maximum Gasteiger partial charge on any atom is 0.300 e. The minimum Gasteiger partial charge on any atom is -0.455 e. The van der Waals surface area contributed by atoms with E-state index in [4.69, 9.17) is 20.5 Å². The summed E-state index contributed by atoms with van der Waals surface area (Å²) in [5.41, 5.74) is 3.38. The van der Waals surface area contributed by atoms with E-state index in [9.17, 15) is 9.59 Å². The Hall–Kier alpha value is -2.58. The van der Waals surface area contributed by atoms with Crippen molar-refractivity contribution in [3.63, 3.8) is 0 Å². The first kappa shape index (κ1) is 15.8. The van der Waals surface area contributed by atoms with Crippen LogP contribution in [0.1, 0.15) is 52.9 Å². The van der Waals surface area contributed by atoms with Crippen LogP contribution in [-0.4, -0.2) is 11.8 Å². The van der Waals surface area contributed by atoms with Crippen LogP contribution in [-0.2, 0) is 5.41 Å². The van der Waals surface area contributed by atoms with Crippen LogP contribution < -0.4 is 22.5 Å². The molecule has 2 rings (SSSR count). The number of hydrogen-bond acceptors (Lipinski definition) is 6. The number of furan rings is 2. The van der Waals surface area contributed by atoms with Crippen molar-refractivity contribution in [3.8, 4) is 0 Å². The number of carbonyl (C=O) groups is 2. The number of amides is 2. The summed E-state index contributed by atoms with van der Waals surface area (Å²) in [7, 11) is 0. The second-order valence-electron chi connectivity index (χ2n) is 4.96. The number of nitrogens with two attached hydrogens (primary N) is 2. The van der Waals surface area contributed by atoms with Crippen LogP contribution in [0.25, 0.3) is 0 Å². The molecule has 0 atom stereocenters. The van der Waals surface area contributed by atoms with Crippen LogP contribution >= 0.6 is 0 Å². The summed E-state index contributed by atoms with van der Waals surface area (Å²) in [6.07, 6.45) is 0.626. The summed E-state index contributed by atoms with van der Waals surface area (Å²) in [6.45, 7) is 3.83. The molecule has 0 spiro atoms. The summed E-state index contributed by atoms with van der Waals surface area (Å²) < 4.78 is 11.1. The van der Waals surface area contributed by atoms with Gasteiger partial charge in [0.1, 0.15) is 11.5 Å². The van der Waals surface area contributed by atoms with Gasteiger partial charge in [0.25, 0.3) is 0 Å². The van der Waals surface area contributed by atoms with Gasteiger partial charge in [-0.15, -0.1) is 0 Å². The lowest BCUT2D eigenvalue weighted by Crippen LogP contribution is -2.30. The minimum atomic E-state index is -0.639. The van der Waals surface area contributed by atoms with E-state index in [1.807, 2.05) is 24.7 Å². The van der Waals surface area contributed by atoms with Crippen molar-refractivity contribution in [3.05, 3.63) is 47.3 Å². The fourth-order valence-corrected chi connectivity index (χ4v) is 2.13. The Morgan fingerprint density at radius 2 is 1.41 bits per heavy atom. The zero-order valence-electron chi connectivity index (χ0n) is 12.3. The molecule has 2 amide bonds. The Balaban J connectivity index is 2.39. The van der Waals surface area contributed by atoms with Crippen molar-refractivity contribution in [2.75, 3.05) is 0 Å². The third kappa shape index (κ3) is 2.61. The molecule has 0 unspecified atom stereocenters. The highest BCUT2D eigenvalue weighted by Crippen LogP contribution is 2.37. The molecule has 6 N–H and O–H groups in total. The number of hydrogen-bond donors (Lipinski definition) is 4. The molecule has 22 heavy (non-hydrogen) atoms. The van der Waals surface area contributed by atoms with Gasteiger partial charge in [-0.25, -0.2) is 11.7 Å². The summed E-state index contributed by atoms with van der Waals surface area (Å²) in [6, 6.07) is 6.42. The molecule has 2 heterocycles. The normalized spacial score (nSPS) is 11.3. The van der Waals surface area contributed by atoms with Crippen molar-refractivity contribution >= 4 is 11.8 Å². The van der Waals surface area contributed by atoms with Crippen molar-refractivity contribution in [2.45, 2.75) is 25.7 Å². The van der Waals surface area contributed by atoms with Gasteiger partial charge in [0.15, 0.2) is 11.5 Å². The van der Waals surface area contributed by atoms with Gasteiger partial charge in [0.05, 0.1) is 5.41 Å². The van der Waals surface area contributed by atoms with Gasteiger partial charge in [-0.2, -0.15) is 0 Å². The lowest BCUT2D eigenvalue weighted by Gasteiger charge is -2.23. The minimum absolute atomic E-state index is 0.101. The Labute approximate surface area is 126 Å². The molecule has 0 aliphatic carbocycles. The number of hydrazine groups is 2. The average Bonchev–Trinajstić information content (AvgIpc) is 3.22. The Bertz CT molecular complexity index is 634. The second-order valence-corrected chi connectivity index (χ2v) is 4.96. The molecule has 0 fully saturated rings. The number of carbonyl (C=O) groups excluding carboxylic acids is 2. The van der Waals surface area contributed by atoms with Gasteiger partial charge < -0.3 is 8.83 Å². The molecule has 8 heteroatoms. The predicted molar refractivity (Wildman–Crippen MR) is 77.5 cm³/mol.